The van der Waals surface area contributed by atoms with Gasteiger partial charge >= 0.3 is 0 Å². The summed E-state index contributed by atoms with van der Waals surface area (Å²) < 4.78 is 0. The predicted octanol–water partition coefficient (Wildman–Crippen LogP) is 1.87. The first-order valence-electron chi connectivity index (χ1n) is 3.85. The largest absolute Gasteiger partial charge is 0.285 e. The van der Waals surface area contributed by atoms with E-state index in [-0.39, 0.29) is 0 Å². The lowest BCUT2D eigenvalue weighted by Gasteiger charge is -1.91. The van der Waals surface area contributed by atoms with E-state index in [2.05, 4.69) is 10.3 Å². The molecule has 63 valence electrons. The van der Waals surface area contributed by atoms with E-state index in [1.807, 2.05) is 42.5 Å². The van der Waals surface area contributed by atoms with Gasteiger partial charge in [-0.2, -0.15) is 0 Å². The van der Waals surface area contributed by atoms with Crippen molar-refractivity contribution in [3.63, 3.8) is 0 Å². The molecule has 1 radical (unpaired) electrons. The molecule has 2 nitrogen and oxygen atoms in total. The highest BCUT2D eigenvalue weighted by Crippen LogP contribution is 1.99. The maximum absolute atomic E-state index is 4.55. The van der Waals surface area contributed by atoms with Gasteiger partial charge in [-0.3, -0.25) is 4.84 Å². The lowest BCUT2D eigenvalue weighted by Crippen LogP contribution is -2.00. The highest BCUT2D eigenvalue weighted by atomic mass is 16.6. The van der Waals surface area contributed by atoms with E-state index in [0.717, 1.165) is 0 Å². The van der Waals surface area contributed by atoms with Crippen LogP contribution in [-0.4, -0.2) is 13.7 Å². The third-order valence-corrected chi connectivity index (χ3v) is 1.42. The third kappa shape index (κ3) is 3.32. The van der Waals surface area contributed by atoms with Gasteiger partial charge < -0.3 is 0 Å². The third-order valence-electron chi connectivity index (χ3n) is 1.42. The average molecular weight is 162 g/mol. The van der Waals surface area contributed by atoms with E-state index in [0.29, 0.717) is 6.54 Å². The van der Waals surface area contributed by atoms with Gasteiger partial charge in [0.15, 0.2) is 0 Å². The quantitative estimate of drug-likeness (QED) is 0.489. The van der Waals surface area contributed by atoms with Gasteiger partial charge in [0.1, 0.15) is 0 Å². The van der Waals surface area contributed by atoms with Crippen LogP contribution < -0.4 is 5.48 Å². The topological polar surface area (TPSA) is 23.3 Å². The minimum absolute atomic E-state index is 0.603. The smallest absolute Gasteiger partial charge is 0.0611 e. The second kappa shape index (κ2) is 5.52. The van der Waals surface area contributed by atoms with Crippen molar-refractivity contribution in [1.29, 1.82) is 0 Å². The lowest BCUT2D eigenvalue weighted by molar-refractivity contribution is 0.0919. The van der Waals surface area contributed by atoms with E-state index in [9.17, 15) is 0 Å². The fourth-order valence-corrected chi connectivity index (χ4v) is 0.871. The minimum atomic E-state index is 0.603. The van der Waals surface area contributed by atoms with Crippen molar-refractivity contribution in [3.05, 3.63) is 42.0 Å². The minimum Gasteiger partial charge on any atom is -0.285 e. The molecule has 0 saturated carbocycles. The number of rotatable bonds is 4. The Kier molecular flexibility index (Phi) is 4.13. The zero-order chi connectivity index (χ0) is 8.65. The SMILES string of the molecule is CO[N]CC=Cc1ccccc1. The number of benzene rings is 1. The number of nitrogens with zero attached hydrogens (tertiary/aromatic N) is 1. The summed E-state index contributed by atoms with van der Waals surface area (Å²) in [6.45, 7) is 0.603. The van der Waals surface area contributed by atoms with Crippen LogP contribution in [0.25, 0.3) is 6.08 Å². The molecular weight excluding hydrogens is 150 g/mol. The highest BCUT2D eigenvalue weighted by Gasteiger charge is 1.82. The summed E-state index contributed by atoms with van der Waals surface area (Å²) in [5.41, 5.74) is 4.88. The molecule has 1 aromatic carbocycles. The number of hydroxylamine groups is 1. The summed E-state index contributed by atoms with van der Waals surface area (Å²) >= 11 is 0. The van der Waals surface area contributed by atoms with E-state index < -0.39 is 0 Å². The first-order valence-corrected chi connectivity index (χ1v) is 3.85. The Labute approximate surface area is 72.8 Å². The van der Waals surface area contributed by atoms with Gasteiger partial charge in [0.05, 0.1) is 13.7 Å². The van der Waals surface area contributed by atoms with Crippen LogP contribution in [0.1, 0.15) is 5.56 Å². The predicted molar refractivity (Wildman–Crippen MR) is 49.5 cm³/mol. The molecule has 0 spiro atoms. The highest BCUT2D eigenvalue weighted by molar-refractivity contribution is 5.48. The summed E-state index contributed by atoms with van der Waals surface area (Å²) in [7, 11) is 1.55. The van der Waals surface area contributed by atoms with Gasteiger partial charge in [-0.15, -0.1) is 0 Å². The van der Waals surface area contributed by atoms with Crippen LogP contribution in [0.2, 0.25) is 0 Å². The molecule has 1 rings (SSSR count). The summed E-state index contributed by atoms with van der Waals surface area (Å²) in [5.74, 6) is 0. The molecule has 2 heteroatoms. The van der Waals surface area contributed by atoms with Gasteiger partial charge in [0, 0.05) is 0 Å². The van der Waals surface area contributed by atoms with Crippen molar-refractivity contribution in [2.24, 2.45) is 0 Å². The van der Waals surface area contributed by atoms with Crippen molar-refractivity contribution in [2.45, 2.75) is 0 Å². The molecule has 0 heterocycles. The van der Waals surface area contributed by atoms with Crippen molar-refractivity contribution in [2.75, 3.05) is 13.7 Å². The molecule has 0 saturated heterocycles. The van der Waals surface area contributed by atoms with Gasteiger partial charge in [-0.05, 0) is 5.56 Å². The summed E-state index contributed by atoms with van der Waals surface area (Å²) in [6.07, 6.45) is 3.97. The van der Waals surface area contributed by atoms with Crippen LogP contribution in [0, 0.1) is 0 Å². The normalized spacial score (nSPS) is 10.8. The first-order chi connectivity index (χ1) is 5.93. The Balaban J connectivity index is 2.36. The zero-order valence-electron chi connectivity index (χ0n) is 7.10. The molecule has 0 aliphatic rings. The molecule has 0 aromatic heterocycles. The second-order valence-electron chi connectivity index (χ2n) is 2.31. The van der Waals surface area contributed by atoms with Crippen LogP contribution in [0.4, 0.5) is 0 Å². The Hall–Kier alpha value is -1.12. The lowest BCUT2D eigenvalue weighted by atomic mass is 10.2. The van der Waals surface area contributed by atoms with E-state index in [1.54, 1.807) is 7.11 Å². The number of hydrogen-bond donors (Lipinski definition) is 0. The molecule has 0 unspecified atom stereocenters. The maximum atomic E-state index is 4.55. The molecule has 0 N–H and O–H groups in total. The van der Waals surface area contributed by atoms with Crippen molar-refractivity contribution in [3.8, 4) is 0 Å². The molecule has 0 atom stereocenters. The van der Waals surface area contributed by atoms with Gasteiger partial charge in [-0.1, -0.05) is 48.0 Å². The Morgan fingerprint density at radius 2 is 2.08 bits per heavy atom. The van der Waals surface area contributed by atoms with Gasteiger partial charge in [0.25, 0.3) is 0 Å². The number of hydrogen-bond acceptors (Lipinski definition) is 1. The molecular formula is C10H12NO. The molecule has 0 fully saturated rings. The van der Waals surface area contributed by atoms with E-state index in [1.165, 1.54) is 5.56 Å². The Morgan fingerprint density at radius 1 is 1.33 bits per heavy atom. The van der Waals surface area contributed by atoms with Gasteiger partial charge in [0.2, 0.25) is 0 Å². The van der Waals surface area contributed by atoms with Crippen LogP contribution in [0.15, 0.2) is 36.4 Å². The first kappa shape index (κ1) is 8.97. The molecule has 0 amide bonds. The van der Waals surface area contributed by atoms with Crippen molar-refractivity contribution >= 4 is 6.08 Å². The summed E-state index contributed by atoms with van der Waals surface area (Å²) in [4.78, 5) is 4.55. The van der Waals surface area contributed by atoms with Gasteiger partial charge in [-0.25, -0.2) is 0 Å². The van der Waals surface area contributed by atoms with Crippen molar-refractivity contribution in [1.82, 2.24) is 5.48 Å². The molecule has 0 bridgehead atoms. The Morgan fingerprint density at radius 3 is 2.75 bits per heavy atom. The van der Waals surface area contributed by atoms with Crippen LogP contribution >= 0.6 is 0 Å². The summed E-state index contributed by atoms with van der Waals surface area (Å²) in [5, 5.41) is 0. The molecule has 12 heavy (non-hydrogen) atoms. The second-order valence-corrected chi connectivity index (χ2v) is 2.31. The summed E-state index contributed by atoms with van der Waals surface area (Å²) in [6, 6.07) is 10.1. The maximum Gasteiger partial charge on any atom is 0.0611 e. The van der Waals surface area contributed by atoms with Crippen LogP contribution in [0.3, 0.4) is 0 Å². The van der Waals surface area contributed by atoms with Crippen LogP contribution in [0.5, 0.6) is 0 Å². The van der Waals surface area contributed by atoms with Crippen LogP contribution in [-0.2, 0) is 4.84 Å². The average Bonchev–Trinajstić information content (AvgIpc) is 2.14. The van der Waals surface area contributed by atoms with E-state index in [4.69, 9.17) is 0 Å². The zero-order valence-corrected chi connectivity index (χ0v) is 7.10. The molecule has 0 aliphatic carbocycles. The van der Waals surface area contributed by atoms with Crippen molar-refractivity contribution < 1.29 is 4.84 Å². The molecule has 0 aliphatic heterocycles. The standard InChI is InChI=1S/C10H12NO/c1-12-11-9-5-8-10-6-3-2-4-7-10/h2-8H,9H2,1H3. The fraction of sp³-hybridized carbons (Fsp3) is 0.200. The monoisotopic (exact) mass is 162 g/mol. The van der Waals surface area contributed by atoms with E-state index >= 15 is 0 Å². The Bertz CT molecular complexity index is 231. The fourth-order valence-electron chi connectivity index (χ4n) is 0.871. The molecule has 1 aromatic rings.